The first-order chi connectivity index (χ1) is 8.66. The average Bonchev–Trinajstić information content (AvgIpc) is 2.82. The highest BCUT2D eigenvalue weighted by Gasteiger charge is 2.13. The first-order valence-corrected chi connectivity index (χ1v) is 6.55. The van der Waals surface area contributed by atoms with Gasteiger partial charge in [-0.1, -0.05) is 6.07 Å². The zero-order valence-electron chi connectivity index (χ0n) is 9.97. The molecule has 2 heterocycles. The Bertz CT molecular complexity index is 575. The van der Waals surface area contributed by atoms with Gasteiger partial charge in [-0.25, -0.2) is 0 Å². The van der Waals surface area contributed by atoms with Gasteiger partial charge in [-0.2, -0.15) is 0 Å². The maximum absolute atomic E-state index is 11.9. The molecule has 1 atom stereocenters. The summed E-state index contributed by atoms with van der Waals surface area (Å²) in [5, 5.41) is 4.83. The number of rotatable bonds is 4. The summed E-state index contributed by atoms with van der Waals surface area (Å²) in [5.74, 6) is -0.332. The van der Waals surface area contributed by atoms with Gasteiger partial charge in [0.05, 0.1) is 0 Å². The van der Waals surface area contributed by atoms with E-state index < -0.39 is 0 Å². The van der Waals surface area contributed by atoms with Crippen LogP contribution < -0.4 is 10.7 Å². The Labute approximate surface area is 109 Å². The Balaban J connectivity index is 1.99. The fraction of sp³-hybridized carbons (Fsp3) is 0.231. The van der Waals surface area contributed by atoms with Crippen LogP contribution in [0.5, 0.6) is 0 Å². The van der Waals surface area contributed by atoms with Crippen LogP contribution in [0.4, 0.5) is 0 Å². The van der Waals surface area contributed by atoms with Crippen molar-refractivity contribution >= 4 is 17.2 Å². The quantitative estimate of drug-likeness (QED) is 0.882. The maximum atomic E-state index is 11.9. The number of carbonyl (C=O) groups is 1. The number of aromatic nitrogens is 1. The lowest BCUT2D eigenvalue weighted by Crippen LogP contribution is -2.36. The van der Waals surface area contributed by atoms with Crippen LogP contribution in [0, 0.1) is 0 Å². The Morgan fingerprint density at radius 2 is 2.33 bits per heavy atom. The molecule has 0 saturated carbocycles. The molecule has 0 fully saturated rings. The normalized spacial score (nSPS) is 12.1. The summed E-state index contributed by atoms with van der Waals surface area (Å²) in [7, 11) is 0. The molecule has 1 unspecified atom stereocenters. The molecule has 1 amide bonds. The van der Waals surface area contributed by atoms with Crippen LogP contribution in [0.15, 0.2) is 40.8 Å². The molecule has 0 spiro atoms. The van der Waals surface area contributed by atoms with E-state index in [0.717, 1.165) is 6.42 Å². The Morgan fingerprint density at radius 3 is 3.00 bits per heavy atom. The molecule has 4 nitrogen and oxygen atoms in total. The van der Waals surface area contributed by atoms with E-state index in [1.54, 1.807) is 11.3 Å². The van der Waals surface area contributed by atoms with Gasteiger partial charge in [0.1, 0.15) is 5.56 Å². The lowest BCUT2D eigenvalue weighted by molar-refractivity contribution is 0.0939. The molecule has 0 aliphatic rings. The van der Waals surface area contributed by atoms with Crippen LogP contribution in [-0.2, 0) is 6.42 Å². The lowest BCUT2D eigenvalue weighted by Gasteiger charge is -2.12. The fourth-order valence-electron chi connectivity index (χ4n) is 1.68. The molecular weight excluding hydrogens is 248 g/mol. The number of nitrogens with one attached hydrogen (secondary N) is 2. The second-order valence-electron chi connectivity index (χ2n) is 4.08. The van der Waals surface area contributed by atoms with E-state index in [0.29, 0.717) is 0 Å². The van der Waals surface area contributed by atoms with Gasteiger partial charge in [0.25, 0.3) is 5.91 Å². The van der Waals surface area contributed by atoms with Crippen molar-refractivity contribution in [2.45, 2.75) is 19.4 Å². The number of amides is 1. The van der Waals surface area contributed by atoms with E-state index in [1.807, 2.05) is 24.4 Å². The largest absolute Gasteiger partial charge is 0.367 e. The molecule has 0 aliphatic carbocycles. The zero-order valence-corrected chi connectivity index (χ0v) is 10.8. The highest BCUT2D eigenvalue weighted by Crippen LogP contribution is 2.11. The standard InChI is InChI=1S/C13H14N2O2S/c1-9(7-10-3-2-6-18-10)15-13(17)11-8-14-5-4-12(11)16/h2-6,8-9H,7H2,1H3,(H,14,16)(H,15,17). The third-order valence-corrected chi connectivity index (χ3v) is 3.43. The van der Waals surface area contributed by atoms with Crippen LogP contribution in [0.25, 0.3) is 0 Å². The molecule has 0 aliphatic heterocycles. The molecule has 0 aromatic carbocycles. The van der Waals surface area contributed by atoms with Crippen molar-refractivity contribution in [3.8, 4) is 0 Å². The third kappa shape index (κ3) is 3.07. The van der Waals surface area contributed by atoms with Gasteiger partial charge in [-0.15, -0.1) is 11.3 Å². The molecule has 0 radical (unpaired) electrons. The lowest BCUT2D eigenvalue weighted by atomic mass is 10.2. The van der Waals surface area contributed by atoms with Crippen LogP contribution in [0.3, 0.4) is 0 Å². The minimum Gasteiger partial charge on any atom is -0.367 e. The van der Waals surface area contributed by atoms with Gasteiger partial charge in [0.2, 0.25) is 0 Å². The predicted octanol–water partition coefficient (Wildman–Crippen LogP) is 1.80. The number of thiophene rings is 1. The monoisotopic (exact) mass is 262 g/mol. The number of H-pyrrole nitrogens is 1. The van der Waals surface area contributed by atoms with Crippen molar-refractivity contribution in [3.63, 3.8) is 0 Å². The minimum absolute atomic E-state index is 0.00393. The van der Waals surface area contributed by atoms with E-state index >= 15 is 0 Å². The van der Waals surface area contributed by atoms with Gasteiger partial charge in [0, 0.05) is 35.8 Å². The summed E-state index contributed by atoms with van der Waals surface area (Å²) in [6.45, 7) is 1.93. The first kappa shape index (κ1) is 12.6. The molecule has 2 rings (SSSR count). The summed E-state index contributed by atoms with van der Waals surface area (Å²) in [5.41, 5.74) is -0.120. The first-order valence-electron chi connectivity index (χ1n) is 5.67. The van der Waals surface area contributed by atoms with E-state index in [2.05, 4.69) is 10.3 Å². The SMILES string of the molecule is CC(Cc1cccs1)NC(=O)c1c[nH]ccc1=O. The average molecular weight is 262 g/mol. The summed E-state index contributed by atoms with van der Waals surface area (Å²) in [4.78, 5) is 27.3. The molecule has 2 N–H and O–H groups in total. The summed E-state index contributed by atoms with van der Waals surface area (Å²) < 4.78 is 0. The van der Waals surface area contributed by atoms with Crippen LogP contribution in [-0.4, -0.2) is 16.9 Å². The molecule has 0 saturated heterocycles. The highest BCUT2D eigenvalue weighted by molar-refractivity contribution is 7.09. The van der Waals surface area contributed by atoms with Crippen LogP contribution in [0.2, 0.25) is 0 Å². The summed E-state index contributed by atoms with van der Waals surface area (Å²) in [6.07, 6.45) is 3.71. The molecule has 0 bridgehead atoms. The smallest absolute Gasteiger partial charge is 0.256 e. The van der Waals surface area contributed by atoms with Gasteiger partial charge in [0.15, 0.2) is 5.43 Å². The van der Waals surface area contributed by atoms with Gasteiger partial charge in [-0.05, 0) is 18.4 Å². The Morgan fingerprint density at radius 1 is 1.50 bits per heavy atom. The van der Waals surface area contributed by atoms with Crippen molar-refractivity contribution in [3.05, 3.63) is 56.6 Å². The van der Waals surface area contributed by atoms with E-state index in [4.69, 9.17) is 0 Å². The van der Waals surface area contributed by atoms with Crippen LogP contribution in [0.1, 0.15) is 22.2 Å². The van der Waals surface area contributed by atoms with Crippen molar-refractivity contribution < 1.29 is 4.79 Å². The molecule has 5 heteroatoms. The maximum Gasteiger partial charge on any atom is 0.256 e. The number of hydrogen-bond donors (Lipinski definition) is 2. The van der Waals surface area contributed by atoms with Crippen LogP contribution >= 0.6 is 11.3 Å². The number of aromatic amines is 1. The predicted molar refractivity (Wildman–Crippen MR) is 72.0 cm³/mol. The number of carbonyl (C=O) groups excluding carboxylic acids is 1. The topological polar surface area (TPSA) is 62.0 Å². The van der Waals surface area contributed by atoms with Gasteiger partial charge < -0.3 is 10.3 Å². The number of hydrogen-bond acceptors (Lipinski definition) is 3. The third-order valence-electron chi connectivity index (χ3n) is 2.53. The van der Waals surface area contributed by atoms with Crippen molar-refractivity contribution in [2.24, 2.45) is 0 Å². The second-order valence-corrected chi connectivity index (χ2v) is 5.11. The van der Waals surface area contributed by atoms with Crippen molar-refractivity contribution in [2.75, 3.05) is 0 Å². The summed E-state index contributed by atoms with van der Waals surface area (Å²) >= 11 is 1.66. The number of pyridine rings is 1. The highest BCUT2D eigenvalue weighted by atomic mass is 32.1. The van der Waals surface area contributed by atoms with E-state index in [-0.39, 0.29) is 22.9 Å². The Kier molecular flexibility index (Phi) is 3.94. The molecule has 2 aromatic heterocycles. The molecule has 94 valence electrons. The zero-order chi connectivity index (χ0) is 13.0. The molecular formula is C13H14N2O2S. The van der Waals surface area contributed by atoms with Gasteiger partial charge in [-0.3, -0.25) is 9.59 Å². The van der Waals surface area contributed by atoms with Gasteiger partial charge >= 0.3 is 0 Å². The molecule has 18 heavy (non-hydrogen) atoms. The molecule has 2 aromatic rings. The second kappa shape index (κ2) is 5.64. The van der Waals surface area contributed by atoms with Crippen molar-refractivity contribution in [1.82, 2.24) is 10.3 Å². The van der Waals surface area contributed by atoms with Crippen molar-refractivity contribution in [1.29, 1.82) is 0 Å². The van der Waals surface area contributed by atoms with E-state index in [1.165, 1.54) is 23.3 Å². The Hall–Kier alpha value is -1.88. The summed E-state index contributed by atoms with van der Waals surface area (Å²) in [6, 6.07) is 5.36. The minimum atomic E-state index is -0.332. The fourth-order valence-corrected chi connectivity index (χ4v) is 2.51. The van der Waals surface area contributed by atoms with E-state index in [9.17, 15) is 9.59 Å².